The number of ether oxygens (including phenoxy) is 2. The summed E-state index contributed by atoms with van der Waals surface area (Å²) in [7, 11) is 5.42. The Morgan fingerprint density at radius 2 is 1.78 bits per heavy atom. The van der Waals surface area contributed by atoms with E-state index in [9.17, 15) is 18.0 Å². The van der Waals surface area contributed by atoms with Crippen molar-refractivity contribution in [3.8, 4) is 0 Å². The number of rotatable bonds is 10. The van der Waals surface area contributed by atoms with Gasteiger partial charge in [-0.05, 0) is 51.5 Å². The number of likely N-dealkylation sites (N-methyl/N-ethyl adjacent to an activating group) is 1. The van der Waals surface area contributed by atoms with Crippen LogP contribution in [-0.4, -0.2) is 85.8 Å². The first-order valence-electron chi connectivity index (χ1n) is 12.9. The third kappa shape index (κ3) is 5.16. The van der Waals surface area contributed by atoms with Gasteiger partial charge in [0.2, 0.25) is 5.91 Å². The number of hydrogen-bond donors (Lipinski definition) is 1. The molecule has 36 heavy (non-hydrogen) atoms. The SMILES string of the molecule is COCC1(COC)CCC(c2c(CN(C)CCN)nn3c2CN(C(=O)C2(C(F)(F)F)CC2)CC3)CC1. The second-order valence-electron chi connectivity index (χ2n) is 11.0. The van der Waals surface area contributed by atoms with Gasteiger partial charge in [0.05, 0.1) is 37.7 Å². The molecule has 2 heterocycles. The molecule has 4 rings (SSSR count). The zero-order valence-electron chi connectivity index (χ0n) is 21.7. The maximum absolute atomic E-state index is 13.7. The van der Waals surface area contributed by atoms with Gasteiger partial charge in [0.1, 0.15) is 5.41 Å². The molecule has 11 heteroatoms. The van der Waals surface area contributed by atoms with E-state index >= 15 is 0 Å². The first-order valence-corrected chi connectivity index (χ1v) is 12.9. The van der Waals surface area contributed by atoms with Crippen LogP contribution >= 0.6 is 0 Å². The fraction of sp³-hybridized carbons (Fsp3) is 0.840. The number of methoxy groups -OCH3 is 2. The van der Waals surface area contributed by atoms with E-state index in [0.717, 1.165) is 49.2 Å². The summed E-state index contributed by atoms with van der Waals surface area (Å²) in [6, 6.07) is 0. The summed E-state index contributed by atoms with van der Waals surface area (Å²) in [5.41, 5.74) is 6.48. The molecule has 0 atom stereocenters. The lowest BCUT2D eigenvalue weighted by Crippen LogP contribution is -2.47. The van der Waals surface area contributed by atoms with Gasteiger partial charge >= 0.3 is 6.18 Å². The molecule has 1 aliphatic heterocycles. The molecule has 0 aromatic carbocycles. The van der Waals surface area contributed by atoms with Gasteiger partial charge in [-0.15, -0.1) is 0 Å². The van der Waals surface area contributed by atoms with E-state index in [4.69, 9.17) is 20.3 Å². The van der Waals surface area contributed by atoms with Gasteiger partial charge in [0, 0.05) is 51.4 Å². The predicted molar refractivity (Wildman–Crippen MR) is 128 cm³/mol. The van der Waals surface area contributed by atoms with Gasteiger partial charge < -0.3 is 20.1 Å². The first kappa shape index (κ1) is 27.3. The molecule has 0 spiro atoms. The van der Waals surface area contributed by atoms with Gasteiger partial charge in [0.15, 0.2) is 0 Å². The Morgan fingerprint density at radius 1 is 1.14 bits per heavy atom. The third-order valence-electron chi connectivity index (χ3n) is 8.37. The number of fused-ring (bicyclic) bond motifs is 1. The molecule has 0 bridgehead atoms. The van der Waals surface area contributed by atoms with Crippen LogP contribution in [0.4, 0.5) is 13.2 Å². The Hall–Kier alpha value is -1.69. The van der Waals surface area contributed by atoms with Gasteiger partial charge in [-0.3, -0.25) is 14.4 Å². The Morgan fingerprint density at radius 3 is 2.31 bits per heavy atom. The Balaban J connectivity index is 1.60. The molecule has 2 N–H and O–H groups in total. The van der Waals surface area contributed by atoms with Gasteiger partial charge in [-0.1, -0.05) is 0 Å². The number of amides is 1. The average molecular weight is 516 g/mol. The standard InChI is InChI=1S/C25H40F3N5O3/c1-31(11-10-29)14-19-21(18-4-6-23(7-5-18,16-35-2)17-36-3)20-15-32(12-13-33(20)30-19)22(34)24(8-9-24)25(26,27)28/h18H,4-17,29H2,1-3H3. The Labute approximate surface area is 211 Å². The molecule has 3 aliphatic rings. The maximum Gasteiger partial charge on any atom is 0.403 e. The second kappa shape index (κ2) is 10.6. The van der Waals surface area contributed by atoms with Crippen LogP contribution in [0, 0.1) is 10.8 Å². The molecule has 0 unspecified atom stereocenters. The van der Waals surface area contributed by atoms with E-state index in [1.54, 1.807) is 14.2 Å². The number of aromatic nitrogens is 2. The van der Waals surface area contributed by atoms with Crippen LogP contribution in [0.15, 0.2) is 0 Å². The minimum absolute atomic E-state index is 0.0310. The Bertz CT molecular complexity index is 915. The van der Waals surface area contributed by atoms with Gasteiger partial charge in [-0.2, -0.15) is 18.3 Å². The topological polar surface area (TPSA) is 85.8 Å². The number of nitrogens with two attached hydrogens (primary N) is 1. The van der Waals surface area contributed by atoms with Crippen molar-refractivity contribution in [3.05, 3.63) is 17.0 Å². The lowest BCUT2D eigenvalue weighted by atomic mass is 9.69. The lowest BCUT2D eigenvalue weighted by molar-refractivity contribution is -0.199. The monoisotopic (exact) mass is 515 g/mol. The van der Waals surface area contributed by atoms with Crippen molar-refractivity contribution in [3.63, 3.8) is 0 Å². The van der Waals surface area contributed by atoms with Crippen molar-refractivity contribution in [2.24, 2.45) is 16.6 Å². The molecule has 2 saturated carbocycles. The fourth-order valence-corrected chi connectivity index (χ4v) is 6.22. The van der Waals surface area contributed by atoms with Crippen molar-refractivity contribution in [1.82, 2.24) is 19.6 Å². The molecule has 2 fully saturated rings. The smallest absolute Gasteiger partial charge is 0.384 e. The molecule has 8 nitrogen and oxygen atoms in total. The van der Waals surface area contributed by atoms with Crippen molar-refractivity contribution >= 4 is 5.91 Å². The highest BCUT2D eigenvalue weighted by Gasteiger charge is 2.69. The Kier molecular flexibility index (Phi) is 8.04. The van der Waals surface area contributed by atoms with E-state index in [0.29, 0.717) is 32.8 Å². The summed E-state index contributed by atoms with van der Waals surface area (Å²) in [6.07, 6.45) is -1.04. The van der Waals surface area contributed by atoms with E-state index < -0.39 is 17.5 Å². The fourth-order valence-electron chi connectivity index (χ4n) is 6.22. The highest BCUT2D eigenvalue weighted by atomic mass is 19.4. The van der Waals surface area contributed by atoms with Crippen LogP contribution in [0.25, 0.3) is 0 Å². The van der Waals surface area contributed by atoms with E-state index in [2.05, 4.69) is 4.90 Å². The third-order valence-corrected chi connectivity index (χ3v) is 8.37. The van der Waals surface area contributed by atoms with Gasteiger partial charge in [-0.25, -0.2) is 0 Å². The van der Waals surface area contributed by atoms with Crippen LogP contribution in [0.5, 0.6) is 0 Å². The van der Waals surface area contributed by atoms with Crippen LogP contribution in [0.3, 0.4) is 0 Å². The van der Waals surface area contributed by atoms with Crippen molar-refractivity contribution in [1.29, 1.82) is 0 Å². The van der Waals surface area contributed by atoms with E-state index in [-0.39, 0.29) is 37.3 Å². The minimum atomic E-state index is -4.50. The minimum Gasteiger partial charge on any atom is -0.384 e. The normalized spacial score (nSPS) is 21.6. The first-order chi connectivity index (χ1) is 17.1. The van der Waals surface area contributed by atoms with Crippen LogP contribution < -0.4 is 5.73 Å². The van der Waals surface area contributed by atoms with Crippen LogP contribution in [-0.2, 0) is 33.9 Å². The summed E-state index contributed by atoms with van der Waals surface area (Å²) < 4.78 is 54.0. The van der Waals surface area contributed by atoms with Crippen molar-refractivity contribution in [2.45, 2.75) is 70.3 Å². The summed E-state index contributed by atoms with van der Waals surface area (Å²) in [4.78, 5) is 16.6. The molecule has 0 radical (unpaired) electrons. The van der Waals surface area contributed by atoms with E-state index in [1.807, 2.05) is 11.7 Å². The van der Waals surface area contributed by atoms with Crippen LogP contribution in [0.1, 0.15) is 61.4 Å². The largest absolute Gasteiger partial charge is 0.403 e. The molecular weight excluding hydrogens is 475 g/mol. The van der Waals surface area contributed by atoms with Crippen molar-refractivity contribution in [2.75, 3.05) is 54.1 Å². The predicted octanol–water partition coefficient (Wildman–Crippen LogP) is 2.90. The maximum atomic E-state index is 13.7. The number of alkyl halides is 3. The number of carbonyl (C=O) groups excluding carboxylic acids is 1. The quantitative estimate of drug-likeness (QED) is 0.516. The molecule has 1 aromatic rings. The summed E-state index contributed by atoms with van der Waals surface area (Å²) >= 11 is 0. The summed E-state index contributed by atoms with van der Waals surface area (Å²) in [5.74, 6) is -0.553. The molecule has 1 aromatic heterocycles. The molecule has 1 amide bonds. The van der Waals surface area contributed by atoms with Crippen molar-refractivity contribution < 1.29 is 27.4 Å². The summed E-state index contributed by atoms with van der Waals surface area (Å²) in [6.45, 7) is 3.96. The molecule has 2 aliphatic carbocycles. The number of nitrogens with zero attached hydrogens (tertiary/aromatic N) is 4. The average Bonchev–Trinajstić information content (AvgIpc) is 3.57. The number of halogens is 3. The lowest BCUT2D eigenvalue weighted by Gasteiger charge is -2.40. The van der Waals surface area contributed by atoms with Gasteiger partial charge in [0.25, 0.3) is 0 Å². The van der Waals surface area contributed by atoms with Crippen LogP contribution in [0.2, 0.25) is 0 Å². The molecule has 204 valence electrons. The number of carbonyl (C=O) groups is 1. The number of hydrogen-bond acceptors (Lipinski definition) is 6. The summed E-state index contributed by atoms with van der Waals surface area (Å²) in [5, 5.41) is 4.90. The van der Waals surface area contributed by atoms with E-state index in [1.165, 1.54) is 4.90 Å². The highest BCUT2D eigenvalue weighted by Crippen LogP contribution is 2.59. The highest BCUT2D eigenvalue weighted by molar-refractivity contribution is 5.86. The second-order valence-corrected chi connectivity index (χ2v) is 11.0. The molecular formula is C25H40F3N5O3. The zero-order chi connectivity index (χ0) is 26.1. The zero-order valence-corrected chi connectivity index (χ0v) is 21.7. The molecule has 0 saturated heterocycles.